The first-order valence-corrected chi connectivity index (χ1v) is 12.0. The van der Waals surface area contributed by atoms with Crippen LogP contribution in [-0.4, -0.2) is 59.3 Å². The van der Waals surface area contributed by atoms with E-state index >= 15 is 0 Å². The molecule has 2 fully saturated rings. The van der Waals surface area contributed by atoms with Crippen molar-refractivity contribution in [3.8, 4) is 11.1 Å². The number of para-hydroxylation sites is 1. The monoisotopic (exact) mass is 459 g/mol. The predicted octanol–water partition coefficient (Wildman–Crippen LogP) is 4.95. The number of aliphatic hydroxyl groups excluding tert-OH is 1. The molecule has 2 amide bonds. The van der Waals surface area contributed by atoms with Crippen molar-refractivity contribution >= 4 is 11.7 Å². The maximum absolute atomic E-state index is 14.2. The Morgan fingerprint density at radius 3 is 2.38 bits per heavy atom. The molecule has 2 saturated heterocycles. The molecule has 176 valence electrons. The fourth-order valence-electron chi connectivity index (χ4n) is 5.43. The maximum atomic E-state index is 14.2. The van der Waals surface area contributed by atoms with Crippen molar-refractivity contribution < 1.29 is 14.3 Å². The number of halogens is 1. The lowest BCUT2D eigenvalue weighted by Crippen LogP contribution is -2.68. The van der Waals surface area contributed by atoms with Crippen LogP contribution in [0.1, 0.15) is 24.3 Å². The first kappa shape index (κ1) is 22.6. The van der Waals surface area contributed by atoms with Gasteiger partial charge < -0.3 is 15.3 Å². The molecule has 0 radical (unpaired) electrons. The summed E-state index contributed by atoms with van der Waals surface area (Å²) in [6.07, 6.45) is 1.92. The molecule has 3 atom stereocenters. The molecule has 3 aromatic rings. The number of carbonyl (C=O) groups is 1. The molecule has 0 bridgehead atoms. The molecule has 0 spiro atoms. The molecule has 34 heavy (non-hydrogen) atoms. The zero-order valence-electron chi connectivity index (χ0n) is 19.1. The quantitative estimate of drug-likeness (QED) is 0.581. The minimum atomic E-state index is -0.238. The first-order valence-electron chi connectivity index (χ1n) is 12.0. The van der Waals surface area contributed by atoms with Gasteiger partial charge in [-0.25, -0.2) is 9.18 Å². The number of fused-ring (bicyclic) bond motifs is 1. The molecule has 3 aromatic carbocycles. The van der Waals surface area contributed by atoms with Crippen molar-refractivity contribution in [3.63, 3.8) is 0 Å². The van der Waals surface area contributed by atoms with Crippen LogP contribution in [0, 0.1) is 5.82 Å². The Labute approximate surface area is 199 Å². The molecule has 2 aliphatic heterocycles. The number of nitrogens with one attached hydrogen (secondary N) is 1. The number of amides is 2. The van der Waals surface area contributed by atoms with Gasteiger partial charge in [-0.05, 0) is 48.7 Å². The van der Waals surface area contributed by atoms with Crippen LogP contribution in [0.15, 0.2) is 78.9 Å². The molecule has 6 heteroatoms. The van der Waals surface area contributed by atoms with E-state index < -0.39 is 0 Å². The lowest BCUT2D eigenvalue weighted by atomic mass is 9.74. The second kappa shape index (κ2) is 9.95. The molecule has 2 N–H and O–H groups in total. The van der Waals surface area contributed by atoms with E-state index in [0.717, 1.165) is 36.2 Å². The summed E-state index contributed by atoms with van der Waals surface area (Å²) in [5, 5.41) is 13.2. The number of benzene rings is 3. The molecule has 0 aromatic heterocycles. The summed E-state index contributed by atoms with van der Waals surface area (Å²) in [6, 6.07) is 24.4. The van der Waals surface area contributed by atoms with Gasteiger partial charge in [-0.15, -0.1) is 0 Å². The fourth-order valence-corrected chi connectivity index (χ4v) is 5.43. The fraction of sp³-hybridized carbons (Fsp3) is 0.321. The molecular weight excluding hydrogens is 429 g/mol. The van der Waals surface area contributed by atoms with Gasteiger partial charge in [-0.3, -0.25) is 4.90 Å². The first-order chi connectivity index (χ1) is 16.7. The Kier molecular flexibility index (Phi) is 6.61. The average molecular weight is 460 g/mol. The Balaban J connectivity index is 1.36. The van der Waals surface area contributed by atoms with E-state index in [1.165, 1.54) is 6.07 Å². The van der Waals surface area contributed by atoms with Gasteiger partial charge in [-0.2, -0.15) is 0 Å². The highest BCUT2D eigenvalue weighted by Gasteiger charge is 2.49. The second-order valence-electron chi connectivity index (χ2n) is 9.13. The van der Waals surface area contributed by atoms with Crippen molar-refractivity contribution in [1.29, 1.82) is 0 Å². The van der Waals surface area contributed by atoms with Crippen LogP contribution in [0.25, 0.3) is 11.1 Å². The van der Waals surface area contributed by atoms with Gasteiger partial charge in [0.15, 0.2) is 0 Å². The third-order valence-electron chi connectivity index (χ3n) is 7.16. The van der Waals surface area contributed by atoms with Crippen LogP contribution in [0.2, 0.25) is 0 Å². The number of hydrogen-bond donors (Lipinski definition) is 2. The minimum Gasteiger partial charge on any atom is -0.395 e. The summed E-state index contributed by atoms with van der Waals surface area (Å²) in [4.78, 5) is 17.3. The van der Waals surface area contributed by atoms with Crippen molar-refractivity contribution in [1.82, 2.24) is 9.80 Å². The Morgan fingerprint density at radius 1 is 0.941 bits per heavy atom. The van der Waals surface area contributed by atoms with Crippen molar-refractivity contribution in [2.45, 2.75) is 30.8 Å². The van der Waals surface area contributed by atoms with Crippen molar-refractivity contribution in [3.05, 3.63) is 90.2 Å². The molecule has 5 rings (SSSR count). The SMILES string of the molecule is O=C(Nc1ccccc1)N1CCCCN2[C@@H](CO)[C@@H](c3ccc(-c4ccccc4F)cc3)[C@@H]2C1. The van der Waals surface area contributed by atoms with E-state index in [1.807, 2.05) is 65.6 Å². The van der Waals surface area contributed by atoms with E-state index in [9.17, 15) is 14.3 Å². The van der Waals surface area contributed by atoms with E-state index in [-0.39, 0.29) is 36.5 Å². The molecular formula is C28H30FN3O2. The summed E-state index contributed by atoms with van der Waals surface area (Å²) in [5.41, 5.74) is 3.32. The van der Waals surface area contributed by atoms with Crippen molar-refractivity contribution in [2.75, 3.05) is 31.6 Å². The van der Waals surface area contributed by atoms with Gasteiger partial charge in [0, 0.05) is 42.3 Å². The second-order valence-corrected chi connectivity index (χ2v) is 9.13. The van der Waals surface area contributed by atoms with E-state index in [1.54, 1.807) is 12.1 Å². The van der Waals surface area contributed by atoms with Crippen LogP contribution in [0.4, 0.5) is 14.9 Å². The van der Waals surface area contributed by atoms with Gasteiger partial charge in [0.05, 0.1) is 6.61 Å². The third-order valence-corrected chi connectivity index (χ3v) is 7.16. The topological polar surface area (TPSA) is 55.8 Å². The molecule has 0 unspecified atom stereocenters. The molecule has 0 aliphatic carbocycles. The lowest BCUT2D eigenvalue weighted by Gasteiger charge is -2.57. The Hall–Kier alpha value is -3.22. The zero-order chi connectivity index (χ0) is 23.5. The number of anilines is 1. The summed E-state index contributed by atoms with van der Waals surface area (Å²) >= 11 is 0. The van der Waals surface area contributed by atoms with Gasteiger partial charge in [-0.1, -0.05) is 60.7 Å². The summed E-state index contributed by atoms with van der Waals surface area (Å²) in [7, 11) is 0. The number of urea groups is 1. The number of aliphatic hydroxyl groups is 1. The Morgan fingerprint density at radius 2 is 1.65 bits per heavy atom. The molecule has 2 heterocycles. The summed E-state index contributed by atoms with van der Waals surface area (Å²) < 4.78 is 14.2. The van der Waals surface area contributed by atoms with Gasteiger partial charge in [0.25, 0.3) is 0 Å². The maximum Gasteiger partial charge on any atom is 0.321 e. The van der Waals surface area contributed by atoms with Gasteiger partial charge in [0.2, 0.25) is 0 Å². The highest BCUT2D eigenvalue weighted by atomic mass is 19.1. The third kappa shape index (κ3) is 4.43. The predicted molar refractivity (Wildman–Crippen MR) is 132 cm³/mol. The number of rotatable bonds is 4. The molecule has 2 aliphatic rings. The zero-order valence-corrected chi connectivity index (χ0v) is 19.1. The van der Waals surface area contributed by atoms with Crippen LogP contribution < -0.4 is 5.32 Å². The Bertz CT molecular complexity index is 1120. The highest BCUT2D eigenvalue weighted by Crippen LogP contribution is 2.42. The largest absolute Gasteiger partial charge is 0.395 e. The molecule has 5 nitrogen and oxygen atoms in total. The summed E-state index contributed by atoms with van der Waals surface area (Å²) in [6.45, 7) is 2.32. The smallest absolute Gasteiger partial charge is 0.321 e. The van der Waals surface area contributed by atoms with Gasteiger partial charge in [0.1, 0.15) is 5.82 Å². The normalized spacial score (nSPS) is 22.8. The minimum absolute atomic E-state index is 0.0291. The number of carbonyl (C=O) groups excluding carboxylic acids is 1. The molecule has 0 saturated carbocycles. The van der Waals surface area contributed by atoms with Crippen LogP contribution in [-0.2, 0) is 0 Å². The van der Waals surface area contributed by atoms with Crippen molar-refractivity contribution in [2.24, 2.45) is 0 Å². The van der Waals surface area contributed by atoms with Gasteiger partial charge >= 0.3 is 6.03 Å². The van der Waals surface area contributed by atoms with E-state index in [4.69, 9.17) is 0 Å². The number of hydrogen-bond acceptors (Lipinski definition) is 3. The van der Waals surface area contributed by atoms with E-state index in [0.29, 0.717) is 18.7 Å². The van der Waals surface area contributed by atoms with Crippen LogP contribution in [0.3, 0.4) is 0 Å². The van der Waals surface area contributed by atoms with E-state index in [2.05, 4.69) is 10.2 Å². The van der Waals surface area contributed by atoms with Crippen LogP contribution in [0.5, 0.6) is 0 Å². The standard InChI is InChI=1S/C28H30FN3O2/c29-24-11-5-4-10-23(24)20-12-14-21(15-13-20)27-25-18-31(16-6-7-17-32(25)26(27)19-33)28(34)30-22-8-2-1-3-9-22/h1-5,8-15,25-27,33H,6-7,16-19H2,(H,30,34)/t25-,26-,27-/m0/s1. The lowest BCUT2D eigenvalue weighted by molar-refractivity contribution is -0.0585. The average Bonchev–Trinajstić information content (AvgIpc) is 2.84. The highest BCUT2D eigenvalue weighted by molar-refractivity contribution is 5.89. The number of nitrogens with zero attached hydrogens (tertiary/aromatic N) is 2. The summed E-state index contributed by atoms with van der Waals surface area (Å²) in [5.74, 6) is -0.122. The van der Waals surface area contributed by atoms with Crippen LogP contribution >= 0.6 is 0 Å².